The second-order valence-electron chi connectivity index (χ2n) is 12.1. The van der Waals surface area contributed by atoms with Gasteiger partial charge in [0.05, 0.1) is 31.0 Å². The Labute approximate surface area is 179 Å². The Morgan fingerprint density at radius 2 is 1.07 bits per heavy atom. The molecule has 0 aromatic heterocycles. The van der Waals surface area contributed by atoms with Crippen LogP contribution in [0.4, 0.5) is 0 Å². The van der Waals surface area contributed by atoms with Crippen molar-refractivity contribution in [1.82, 2.24) is 4.90 Å². The van der Waals surface area contributed by atoms with E-state index in [9.17, 15) is 0 Å². The van der Waals surface area contributed by atoms with Gasteiger partial charge in [-0.25, -0.2) is 0 Å². The van der Waals surface area contributed by atoms with Crippen molar-refractivity contribution in [2.75, 3.05) is 20.2 Å². The highest BCUT2D eigenvalue weighted by Crippen LogP contribution is 2.31. The predicted molar refractivity (Wildman–Crippen MR) is 130 cm³/mol. The van der Waals surface area contributed by atoms with E-state index in [1.54, 1.807) is 0 Å². The lowest BCUT2D eigenvalue weighted by Crippen LogP contribution is -2.67. The maximum atomic E-state index is 6.80. The topological polar surface area (TPSA) is 40.2 Å². The average molecular weight is 466 g/mol. The van der Waals surface area contributed by atoms with Crippen molar-refractivity contribution in [1.29, 1.82) is 0 Å². The van der Waals surface area contributed by atoms with Gasteiger partial charge >= 0.3 is 0 Å². The van der Waals surface area contributed by atoms with Crippen molar-refractivity contribution in [3.63, 3.8) is 0 Å². The first kappa shape index (κ1) is 26.7. The van der Waals surface area contributed by atoms with E-state index in [0.717, 1.165) is 6.54 Å². The van der Waals surface area contributed by atoms with Crippen molar-refractivity contribution in [2.45, 2.75) is 103 Å². The van der Waals surface area contributed by atoms with Crippen LogP contribution in [0.25, 0.3) is 0 Å². The zero-order chi connectivity index (χ0) is 22.1. The van der Waals surface area contributed by atoms with Gasteiger partial charge < -0.3 is 17.7 Å². The van der Waals surface area contributed by atoms with Crippen LogP contribution in [0.2, 0.25) is 78.6 Å². The van der Waals surface area contributed by atoms with Gasteiger partial charge in [-0.1, -0.05) is 0 Å². The Morgan fingerprint density at radius 1 is 0.643 bits per heavy atom. The van der Waals surface area contributed by atoms with E-state index in [1.807, 2.05) is 0 Å². The van der Waals surface area contributed by atoms with Crippen LogP contribution in [-0.2, 0) is 17.7 Å². The lowest BCUT2D eigenvalue weighted by molar-refractivity contribution is -0.118. The summed E-state index contributed by atoms with van der Waals surface area (Å²) in [5.41, 5.74) is 0. The molecule has 9 heteroatoms. The minimum absolute atomic E-state index is 0.0187. The van der Waals surface area contributed by atoms with E-state index < -0.39 is 33.3 Å². The van der Waals surface area contributed by atoms with Crippen LogP contribution >= 0.6 is 0 Å². The van der Waals surface area contributed by atoms with Gasteiger partial charge in [0.2, 0.25) is 0 Å². The summed E-state index contributed by atoms with van der Waals surface area (Å²) < 4.78 is 26.6. The summed E-state index contributed by atoms with van der Waals surface area (Å²) in [4.78, 5) is 2.39. The average Bonchev–Trinajstić information content (AvgIpc) is 2.36. The zero-order valence-corrected chi connectivity index (χ0v) is 24.8. The van der Waals surface area contributed by atoms with E-state index in [2.05, 4.69) is 90.5 Å². The molecular formula is C19H47NO4Si4. The van der Waals surface area contributed by atoms with Crippen LogP contribution in [0, 0.1) is 0 Å². The van der Waals surface area contributed by atoms with E-state index in [1.165, 1.54) is 0 Å². The fraction of sp³-hybridized carbons (Fsp3) is 1.00. The highest BCUT2D eigenvalue weighted by molar-refractivity contribution is 6.71. The zero-order valence-electron chi connectivity index (χ0n) is 20.8. The van der Waals surface area contributed by atoms with Crippen LogP contribution in [0.15, 0.2) is 0 Å². The largest absolute Gasteiger partial charge is 0.416 e. The van der Waals surface area contributed by atoms with Crippen molar-refractivity contribution < 1.29 is 17.7 Å². The maximum absolute atomic E-state index is 6.80. The minimum Gasteiger partial charge on any atom is -0.416 e. The molecule has 168 valence electrons. The molecule has 0 spiro atoms. The monoisotopic (exact) mass is 465 g/mol. The standard InChI is InChI=1S/C19H47NO4Si4/c1-20-14-17(22-26(5,6)7)19(24-28(11,12)13)18(23-27(8,9)10)16(20)15-21-25(2,3)4/h16-19H,14-15H2,1-13H3. The van der Waals surface area contributed by atoms with Gasteiger partial charge in [-0.05, 0) is 85.6 Å². The smallest absolute Gasteiger partial charge is 0.184 e. The van der Waals surface area contributed by atoms with E-state index >= 15 is 0 Å². The number of rotatable bonds is 9. The second kappa shape index (κ2) is 9.43. The summed E-state index contributed by atoms with van der Waals surface area (Å²) in [5, 5.41) is 0. The molecule has 1 heterocycles. The molecule has 0 amide bonds. The molecule has 4 unspecified atom stereocenters. The molecule has 0 saturated carbocycles. The fourth-order valence-corrected chi connectivity index (χ4v) is 7.42. The first-order valence-corrected chi connectivity index (χ1v) is 24.3. The number of likely N-dealkylation sites (N-methyl/N-ethyl adjacent to an activating group) is 1. The third-order valence-electron chi connectivity index (χ3n) is 4.27. The van der Waals surface area contributed by atoms with Crippen LogP contribution in [0.1, 0.15) is 0 Å². The number of nitrogens with zero attached hydrogens (tertiary/aromatic N) is 1. The van der Waals surface area contributed by atoms with Crippen LogP contribution in [0.3, 0.4) is 0 Å². The third kappa shape index (κ3) is 10.1. The highest BCUT2D eigenvalue weighted by Gasteiger charge is 2.48. The molecule has 5 nitrogen and oxygen atoms in total. The highest BCUT2D eigenvalue weighted by atomic mass is 28.4. The lowest BCUT2D eigenvalue weighted by Gasteiger charge is -2.52. The molecule has 0 aromatic carbocycles. The summed E-state index contributed by atoms with van der Waals surface area (Å²) in [5.74, 6) is 0. The maximum Gasteiger partial charge on any atom is 0.184 e. The quantitative estimate of drug-likeness (QED) is 0.457. The molecule has 0 N–H and O–H groups in total. The molecule has 0 bridgehead atoms. The number of hydrogen-bond donors (Lipinski definition) is 0. The number of hydrogen-bond acceptors (Lipinski definition) is 5. The van der Waals surface area contributed by atoms with Crippen LogP contribution in [0.5, 0.6) is 0 Å². The lowest BCUT2D eigenvalue weighted by atomic mass is 9.95. The van der Waals surface area contributed by atoms with Gasteiger partial charge in [-0.3, -0.25) is 4.90 Å². The molecule has 0 radical (unpaired) electrons. The fourth-order valence-electron chi connectivity index (χ4n) is 3.43. The first-order chi connectivity index (χ1) is 12.3. The number of piperidine rings is 1. The Morgan fingerprint density at radius 3 is 1.46 bits per heavy atom. The molecule has 1 aliphatic heterocycles. The van der Waals surface area contributed by atoms with Crippen molar-refractivity contribution in [3.8, 4) is 0 Å². The van der Waals surface area contributed by atoms with E-state index in [-0.39, 0.29) is 24.4 Å². The third-order valence-corrected chi connectivity index (χ3v) is 8.28. The van der Waals surface area contributed by atoms with Crippen molar-refractivity contribution in [2.24, 2.45) is 0 Å². The van der Waals surface area contributed by atoms with Crippen LogP contribution in [-0.4, -0.2) is 82.7 Å². The second-order valence-corrected chi connectivity index (χ2v) is 30.0. The summed E-state index contributed by atoms with van der Waals surface area (Å²) in [6.07, 6.45) is -0.000679. The Hall–Kier alpha value is 0.668. The van der Waals surface area contributed by atoms with Gasteiger partial charge in [-0.2, -0.15) is 0 Å². The molecule has 1 aliphatic rings. The summed E-state index contributed by atoms with van der Waals surface area (Å²) >= 11 is 0. The predicted octanol–water partition coefficient (Wildman–Crippen LogP) is 4.81. The normalized spacial score (nSPS) is 28.6. The van der Waals surface area contributed by atoms with E-state index in [0.29, 0.717) is 6.61 Å². The summed E-state index contributed by atoms with van der Waals surface area (Å²) in [6.45, 7) is 28.6. The van der Waals surface area contributed by atoms with Crippen molar-refractivity contribution >= 4 is 33.3 Å². The van der Waals surface area contributed by atoms with Gasteiger partial charge in [-0.15, -0.1) is 0 Å². The SMILES string of the molecule is CN1CC(O[Si](C)(C)C)C(O[Si](C)(C)C)C(O[Si](C)(C)C)C1CO[Si](C)(C)C. The minimum atomic E-state index is -1.78. The summed E-state index contributed by atoms with van der Waals surface area (Å²) in [7, 11) is -4.68. The van der Waals surface area contributed by atoms with Crippen molar-refractivity contribution in [3.05, 3.63) is 0 Å². The number of likely N-dealkylation sites (tertiary alicyclic amines) is 1. The molecule has 28 heavy (non-hydrogen) atoms. The molecule has 1 saturated heterocycles. The van der Waals surface area contributed by atoms with Crippen LogP contribution < -0.4 is 0 Å². The Kier molecular flexibility index (Phi) is 9.00. The molecule has 0 aromatic rings. The van der Waals surface area contributed by atoms with Gasteiger partial charge in [0.15, 0.2) is 33.3 Å². The molecule has 0 aliphatic carbocycles. The van der Waals surface area contributed by atoms with Gasteiger partial charge in [0.25, 0.3) is 0 Å². The van der Waals surface area contributed by atoms with Gasteiger partial charge in [0, 0.05) is 6.54 Å². The molecular weight excluding hydrogens is 419 g/mol. The van der Waals surface area contributed by atoms with Gasteiger partial charge in [0.1, 0.15) is 0 Å². The van der Waals surface area contributed by atoms with E-state index in [4.69, 9.17) is 17.7 Å². The summed E-state index contributed by atoms with van der Waals surface area (Å²) in [6, 6.07) is 0.196. The molecule has 1 rings (SSSR count). The Bertz CT molecular complexity index is 494. The molecule has 1 fully saturated rings. The Balaban J connectivity index is 3.27. The molecule has 4 atom stereocenters. The first-order valence-electron chi connectivity index (χ1n) is 10.7.